The van der Waals surface area contributed by atoms with Gasteiger partial charge < -0.3 is 4.74 Å². The van der Waals surface area contributed by atoms with E-state index in [1.54, 1.807) is 18.6 Å². The molecule has 0 aliphatic heterocycles. The van der Waals surface area contributed by atoms with Gasteiger partial charge in [0, 0.05) is 16.2 Å². The quantitative estimate of drug-likeness (QED) is 0.642. The predicted molar refractivity (Wildman–Crippen MR) is 90.1 cm³/mol. The molecule has 0 radical (unpaired) electrons. The highest BCUT2D eigenvalue weighted by molar-refractivity contribution is 9.10. The van der Waals surface area contributed by atoms with E-state index in [1.807, 2.05) is 39.0 Å². The molecule has 0 saturated heterocycles. The topological polar surface area (TPSA) is 69.9 Å². The van der Waals surface area contributed by atoms with Crippen LogP contribution in [0.2, 0.25) is 0 Å². The number of nitrogens with zero attached hydrogens (tertiary/aromatic N) is 4. The maximum atomic E-state index is 12.0. The minimum atomic E-state index is -0.573. The second kappa shape index (κ2) is 5.73. The molecule has 6 nitrogen and oxygen atoms in total. The van der Waals surface area contributed by atoms with Gasteiger partial charge >= 0.3 is 6.09 Å². The minimum absolute atomic E-state index is 0.529. The van der Waals surface area contributed by atoms with Gasteiger partial charge in [-0.3, -0.25) is 4.98 Å². The average molecular weight is 375 g/mol. The van der Waals surface area contributed by atoms with Crippen LogP contribution in [0.5, 0.6) is 0 Å². The van der Waals surface area contributed by atoms with E-state index in [0.717, 1.165) is 20.2 Å². The number of para-hydroxylation sites is 1. The molecule has 118 valence electrons. The zero-order valence-corrected chi connectivity index (χ0v) is 14.5. The summed E-state index contributed by atoms with van der Waals surface area (Å²) in [7, 11) is 0. The molecule has 0 unspecified atom stereocenters. The number of halogens is 1. The molecule has 1 aromatic carbocycles. The lowest BCUT2D eigenvalue weighted by Crippen LogP contribution is -2.27. The number of hydrogen-bond acceptors (Lipinski definition) is 5. The van der Waals surface area contributed by atoms with Crippen LogP contribution in [0.15, 0.2) is 41.3 Å². The Balaban J connectivity index is 1.94. The second-order valence-electron chi connectivity index (χ2n) is 6.02. The lowest BCUT2D eigenvalue weighted by molar-refractivity contribution is 0.0514. The van der Waals surface area contributed by atoms with Crippen LogP contribution in [-0.4, -0.2) is 31.4 Å². The van der Waals surface area contributed by atoms with Crippen molar-refractivity contribution in [1.82, 2.24) is 19.7 Å². The van der Waals surface area contributed by atoms with Crippen LogP contribution in [0, 0.1) is 0 Å². The number of aromatic nitrogens is 4. The largest absolute Gasteiger partial charge is 0.442 e. The summed E-state index contributed by atoms with van der Waals surface area (Å²) in [6.45, 7) is 5.42. The smallest absolute Gasteiger partial charge is 0.435 e. The summed E-state index contributed by atoms with van der Waals surface area (Å²) < 4.78 is 7.30. The van der Waals surface area contributed by atoms with Crippen LogP contribution in [0.4, 0.5) is 4.79 Å². The normalized spacial score (nSPS) is 11.7. The van der Waals surface area contributed by atoms with E-state index in [0.29, 0.717) is 11.3 Å². The molecule has 0 fully saturated rings. The van der Waals surface area contributed by atoms with Crippen molar-refractivity contribution in [3.05, 3.63) is 41.3 Å². The fourth-order valence-corrected chi connectivity index (χ4v) is 2.45. The number of fused-ring (bicyclic) bond motifs is 1. The Hall–Kier alpha value is -2.28. The zero-order chi connectivity index (χ0) is 16.6. The van der Waals surface area contributed by atoms with Gasteiger partial charge in [-0.15, -0.1) is 0 Å². The summed E-state index contributed by atoms with van der Waals surface area (Å²) >= 11 is 3.47. The van der Waals surface area contributed by atoms with Crippen molar-refractivity contribution in [2.24, 2.45) is 0 Å². The Morgan fingerprint density at radius 2 is 2.04 bits per heavy atom. The molecule has 0 N–H and O–H groups in total. The van der Waals surface area contributed by atoms with E-state index >= 15 is 0 Å². The van der Waals surface area contributed by atoms with E-state index in [9.17, 15) is 4.79 Å². The Labute approximate surface area is 141 Å². The highest BCUT2D eigenvalue weighted by Crippen LogP contribution is 2.24. The third-order valence-electron chi connectivity index (χ3n) is 2.98. The van der Waals surface area contributed by atoms with Gasteiger partial charge in [0.1, 0.15) is 11.1 Å². The van der Waals surface area contributed by atoms with Crippen LogP contribution < -0.4 is 0 Å². The van der Waals surface area contributed by atoms with Crippen molar-refractivity contribution in [2.45, 2.75) is 26.4 Å². The number of hydrogen-bond donors (Lipinski definition) is 0. The summed E-state index contributed by atoms with van der Waals surface area (Å²) in [6, 6.07) is 5.70. The van der Waals surface area contributed by atoms with Crippen molar-refractivity contribution in [3.8, 4) is 11.3 Å². The van der Waals surface area contributed by atoms with E-state index in [1.165, 1.54) is 0 Å². The Kier molecular flexibility index (Phi) is 3.89. The average Bonchev–Trinajstić information content (AvgIpc) is 2.95. The first-order valence-corrected chi connectivity index (χ1v) is 7.82. The summed E-state index contributed by atoms with van der Waals surface area (Å²) in [4.78, 5) is 21.0. The number of ether oxygens (including phenoxy) is 1. The lowest BCUT2D eigenvalue weighted by atomic mass is 10.2. The van der Waals surface area contributed by atoms with Crippen molar-refractivity contribution in [2.75, 3.05) is 0 Å². The van der Waals surface area contributed by atoms with Crippen LogP contribution in [0.25, 0.3) is 22.3 Å². The van der Waals surface area contributed by atoms with E-state index in [-0.39, 0.29) is 0 Å². The monoisotopic (exact) mass is 374 g/mol. The molecule has 7 heteroatoms. The lowest BCUT2D eigenvalue weighted by Gasteiger charge is -2.18. The van der Waals surface area contributed by atoms with Crippen LogP contribution in [0.1, 0.15) is 20.8 Å². The molecule has 2 aromatic heterocycles. The molecule has 23 heavy (non-hydrogen) atoms. The summed E-state index contributed by atoms with van der Waals surface area (Å²) in [5.41, 5.74) is 2.31. The van der Waals surface area contributed by atoms with Gasteiger partial charge in [0.05, 0.1) is 23.6 Å². The van der Waals surface area contributed by atoms with Gasteiger partial charge in [-0.25, -0.2) is 9.78 Å². The van der Waals surface area contributed by atoms with Crippen LogP contribution in [-0.2, 0) is 4.74 Å². The molecule has 3 aromatic rings. The second-order valence-corrected chi connectivity index (χ2v) is 6.87. The number of rotatable bonds is 1. The number of benzene rings is 1. The van der Waals surface area contributed by atoms with Crippen molar-refractivity contribution < 1.29 is 9.53 Å². The van der Waals surface area contributed by atoms with E-state index in [4.69, 9.17) is 4.74 Å². The van der Waals surface area contributed by atoms with Crippen molar-refractivity contribution in [3.63, 3.8) is 0 Å². The summed E-state index contributed by atoms with van der Waals surface area (Å²) in [5.74, 6) is 0. The van der Waals surface area contributed by atoms with Gasteiger partial charge in [-0.2, -0.15) is 9.78 Å². The summed E-state index contributed by atoms with van der Waals surface area (Å²) in [6.07, 6.45) is 4.28. The van der Waals surface area contributed by atoms with Crippen molar-refractivity contribution in [1.29, 1.82) is 0 Å². The highest BCUT2D eigenvalue weighted by Gasteiger charge is 2.19. The third kappa shape index (κ3) is 3.39. The van der Waals surface area contributed by atoms with Gasteiger partial charge in [0.15, 0.2) is 0 Å². The molecule has 2 heterocycles. The van der Waals surface area contributed by atoms with Crippen LogP contribution in [0.3, 0.4) is 0 Å². The first kappa shape index (κ1) is 15.6. The number of carbonyl (C=O) groups excluding carboxylic acids is 1. The molecule has 0 aliphatic carbocycles. The van der Waals surface area contributed by atoms with Gasteiger partial charge in [0.25, 0.3) is 0 Å². The van der Waals surface area contributed by atoms with Crippen molar-refractivity contribution >= 4 is 33.1 Å². The molecule has 0 amide bonds. The Bertz CT molecular complexity index is 883. The predicted octanol–water partition coefficient (Wildman–Crippen LogP) is 4.04. The molecular formula is C16H15BrN4O2. The first-order chi connectivity index (χ1) is 10.8. The zero-order valence-electron chi connectivity index (χ0n) is 12.9. The minimum Gasteiger partial charge on any atom is -0.442 e. The maximum Gasteiger partial charge on any atom is 0.435 e. The Morgan fingerprint density at radius 1 is 1.26 bits per heavy atom. The SMILES string of the molecule is CC(C)(C)OC(=O)n1cc(-c2cnc3cccc(Br)c3n2)cn1. The number of carbonyl (C=O) groups is 1. The van der Waals surface area contributed by atoms with Crippen LogP contribution >= 0.6 is 15.9 Å². The van der Waals surface area contributed by atoms with E-state index in [2.05, 4.69) is 31.0 Å². The van der Waals surface area contributed by atoms with Gasteiger partial charge in [-0.05, 0) is 48.8 Å². The molecule has 0 spiro atoms. The molecular weight excluding hydrogens is 360 g/mol. The first-order valence-electron chi connectivity index (χ1n) is 7.03. The maximum absolute atomic E-state index is 12.0. The van der Waals surface area contributed by atoms with Gasteiger partial charge in [-0.1, -0.05) is 6.07 Å². The molecule has 0 saturated carbocycles. The highest BCUT2D eigenvalue weighted by atomic mass is 79.9. The molecule has 0 bridgehead atoms. The molecule has 0 atom stereocenters. The fraction of sp³-hybridized carbons (Fsp3) is 0.250. The molecule has 0 aliphatic rings. The Morgan fingerprint density at radius 3 is 2.78 bits per heavy atom. The fourth-order valence-electron chi connectivity index (χ4n) is 2.00. The third-order valence-corrected chi connectivity index (χ3v) is 3.62. The van der Waals surface area contributed by atoms with E-state index < -0.39 is 11.7 Å². The van der Waals surface area contributed by atoms with Gasteiger partial charge in [0.2, 0.25) is 0 Å². The molecule has 3 rings (SSSR count). The summed E-state index contributed by atoms with van der Waals surface area (Å²) in [5, 5.41) is 4.04. The standard InChI is InChI=1S/C16H15BrN4O2/c1-16(2,3)23-15(22)21-9-10(7-19-21)13-8-18-12-6-4-5-11(17)14(12)20-13/h4-9H,1-3H3.